The Morgan fingerprint density at radius 2 is 2.00 bits per heavy atom. The minimum absolute atomic E-state index is 0.215. The first-order valence-corrected chi connectivity index (χ1v) is 7.75. The second kappa shape index (κ2) is 6.27. The van der Waals surface area contributed by atoms with Crippen LogP contribution in [0.15, 0.2) is 29.6 Å². The standard InChI is InChI=1S/C17H18N4O3/c1-4-11-12(5-2)20-21-13(16(23)19-17(21)18-11)9-10-7-6-8-14(24-3)15(10)22/h6-9,23H,4-5H2,1-3H3/b10-9+. The number of nitrogens with zero attached hydrogens (tertiary/aromatic N) is 4. The molecule has 0 aliphatic heterocycles. The molecule has 0 spiro atoms. The van der Waals surface area contributed by atoms with E-state index in [-0.39, 0.29) is 17.4 Å². The largest absolute Gasteiger partial charge is 0.493 e. The molecule has 7 heteroatoms. The van der Waals surface area contributed by atoms with Gasteiger partial charge in [-0.3, -0.25) is 4.79 Å². The Labute approximate surface area is 139 Å². The highest BCUT2D eigenvalue weighted by Crippen LogP contribution is 2.24. The topological polar surface area (TPSA) is 89.6 Å². The van der Waals surface area contributed by atoms with Gasteiger partial charge in [0.05, 0.1) is 18.5 Å². The van der Waals surface area contributed by atoms with Gasteiger partial charge in [-0.1, -0.05) is 26.0 Å². The van der Waals surface area contributed by atoms with Crippen LogP contribution in [0.2, 0.25) is 0 Å². The molecule has 0 radical (unpaired) electrons. The van der Waals surface area contributed by atoms with E-state index in [2.05, 4.69) is 15.1 Å². The number of aromatic nitrogens is 4. The molecular formula is C17H18N4O3. The second-order valence-corrected chi connectivity index (χ2v) is 5.27. The van der Waals surface area contributed by atoms with Gasteiger partial charge in [0, 0.05) is 5.57 Å². The SMILES string of the molecule is CCc1nc2nc(O)c(/C=C3\C=CC=C(OC)C3=O)n2nc1CC. The molecular weight excluding hydrogens is 308 g/mol. The van der Waals surface area contributed by atoms with Gasteiger partial charge in [0.1, 0.15) is 5.69 Å². The third-order valence-electron chi connectivity index (χ3n) is 3.83. The minimum atomic E-state index is -0.261. The number of Topliss-reactive ketones (excluding diaryl/α,β-unsaturated/α-hetero) is 1. The molecule has 0 saturated carbocycles. The van der Waals surface area contributed by atoms with Gasteiger partial charge in [0.25, 0.3) is 5.78 Å². The first-order valence-electron chi connectivity index (χ1n) is 7.75. The van der Waals surface area contributed by atoms with E-state index in [1.807, 2.05) is 13.8 Å². The summed E-state index contributed by atoms with van der Waals surface area (Å²) in [5.74, 6) is 0.0736. The predicted molar refractivity (Wildman–Crippen MR) is 88.4 cm³/mol. The third-order valence-corrected chi connectivity index (χ3v) is 3.83. The molecule has 0 amide bonds. The summed E-state index contributed by atoms with van der Waals surface area (Å²) in [6, 6.07) is 0. The zero-order chi connectivity index (χ0) is 17.3. The highest BCUT2D eigenvalue weighted by Gasteiger charge is 2.20. The van der Waals surface area contributed by atoms with Crippen LogP contribution in [0.1, 0.15) is 30.9 Å². The smallest absolute Gasteiger partial charge is 0.254 e. The average Bonchev–Trinajstić information content (AvgIpc) is 2.90. The third kappa shape index (κ3) is 2.58. The number of allylic oxidation sites excluding steroid dienone is 4. The summed E-state index contributed by atoms with van der Waals surface area (Å²) in [5, 5.41) is 14.7. The van der Waals surface area contributed by atoms with E-state index >= 15 is 0 Å². The molecule has 7 nitrogen and oxygen atoms in total. The number of hydrogen-bond donors (Lipinski definition) is 1. The van der Waals surface area contributed by atoms with E-state index < -0.39 is 0 Å². The number of ketones is 1. The number of carbonyl (C=O) groups excluding carboxylic acids is 1. The fourth-order valence-corrected chi connectivity index (χ4v) is 2.57. The number of fused-ring (bicyclic) bond motifs is 1. The Kier molecular flexibility index (Phi) is 4.16. The van der Waals surface area contributed by atoms with Crippen molar-refractivity contribution in [3.05, 3.63) is 46.6 Å². The Bertz CT molecular complexity index is 906. The Morgan fingerprint density at radius 1 is 1.25 bits per heavy atom. The zero-order valence-corrected chi connectivity index (χ0v) is 13.8. The number of imidazole rings is 1. The van der Waals surface area contributed by atoms with Crippen LogP contribution in [-0.4, -0.2) is 37.6 Å². The van der Waals surface area contributed by atoms with Gasteiger partial charge < -0.3 is 9.84 Å². The van der Waals surface area contributed by atoms with Crippen molar-refractivity contribution >= 4 is 17.6 Å². The Hall–Kier alpha value is -2.96. The van der Waals surface area contributed by atoms with Gasteiger partial charge in [-0.05, 0) is 25.0 Å². The molecule has 124 valence electrons. The summed E-state index contributed by atoms with van der Waals surface area (Å²) in [6.45, 7) is 3.99. The predicted octanol–water partition coefficient (Wildman–Crippen LogP) is 2.01. The molecule has 0 bridgehead atoms. The minimum Gasteiger partial charge on any atom is -0.493 e. The van der Waals surface area contributed by atoms with Gasteiger partial charge in [-0.15, -0.1) is 0 Å². The molecule has 2 heterocycles. The van der Waals surface area contributed by atoms with E-state index in [9.17, 15) is 9.90 Å². The van der Waals surface area contributed by atoms with Crippen molar-refractivity contribution in [3.8, 4) is 5.88 Å². The molecule has 1 N–H and O–H groups in total. The Balaban J connectivity index is 2.15. The molecule has 1 aliphatic rings. The lowest BCUT2D eigenvalue weighted by atomic mass is 10.0. The molecule has 2 aromatic heterocycles. The molecule has 0 atom stereocenters. The lowest BCUT2D eigenvalue weighted by Gasteiger charge is -2.09. The van der Waals surface area contributed by atoms with Gasteiger partial charge in [0.2, 0.25) is 11.7 Å². The second-order valence-electron chi connectivity index (χ2n) is 5.27. The van der Waals surface area contributed by atoms with Gasteiger partial charge in [-0.25, -0.2) is 4.98 Å². The average molecular weight is 326 g/mol. The van der Waals surface area contributed by atoms with Crippen molar-refractivity contribution in [1.29, 1.82) is 0 Å². The molecule has 0 aromatic carbocycles. The normalized spacial score (nSPS) is 16.0. The van der Waals surface area contributed by atoms with Crippen LogP contribution in [0.4, 0.5) is 0 Å². The van der Waals surface area contributed by atoms with Gasteiger partial charge in [0.15, 0.2) is 5.76 Å². The number of carbonyl (C=O) groups is 1. The number of methoxy groups -OCH3 is 1. The van der Waals surface area contributed by atoms with E-state index in [0.29, 0.717) is 17.0 Å². The van der Waals surface area contributed by atoms with Crippen molar-refractivity contribution in [1.82, 2.24) is 19.6 Å². The van der Waals surface area contributed by atoms with Crippen molar-refractivity contribution in [2.45, 2.75) is 26.7 Å². The number of hydrogen-bond acceptors (Lipinski definition) is 6. The number of rotatable bonds is 4. The van der Waals surface area contributed by atoms with Crippen LogP contribution in [0.5, 0.6) is 5.88 Å². The van der Waals surface area contributed by atoms with Crippen LogP contribution in [-0.2, 0) is 22.4 Å². The summed E-state index contributed by atoms with van der Waals surface area (Å²) < 4.78 is 6.51. The summed E-state index contributed by atoms with van der Waals surface area (Å²) in [7, 11) is 1.44. The summed E-state index contributed by atoms with van der Waals surface area (Å²) in [4.78, 5) is 20.8. The van der Waals surface area contributed by atoms with Crippen LogP contribution < -0.4 is 0 Å². The lowest BCUT2D eigenvalue weighted by molar-refractivity contribution is -0.114. The maximum Gasteiger partial charge on any atom is 0.254 e. The van der Waals surface area contributed by atoms with Gasteiger partial charge in [-0.2, -0.15) is 14.6 Å². The monoisotopic (exact) mass is 326 g/mol. The summed E-state index contributed by atoms with van der Waals surface area (Å²) in [6.07, 6.45) is 7.95. The number of ether oxygens (including phenoxy) is 1. The molecule has 0 unspecified atom stereocenters. The first kappa shape index (κ1) is 15.9. The van der Waals surface area contributed by atoms with E-state index in [1.54, 1.807) is 24.3 Å². The highest BCUT2D eigenvalue weighted by atomic mass is 16.5. The molecule has 0 fully saturated rings. The van der Waals surface area contributed by atoms with Gasteiger partial charge >= 0.3 is 0 Å². The number of aryl methyl sites for hydroxylation is 2. The maximum absolute atomic E-state index is 12.3. The van der Waals surface area contributed by atoms with Crippen LogP contribution in [0.25, 0.3) is 11.9 Å². The lowest BCUT2D eigenvalue weighted by Crippen LogP contribution is -2.10. The van der Waals surface area contributed by atoms with E-state index in [4.69, 9.17) is 4.74 Å². The highest BCUT2D eigenvalue weighted by molar-refractivity contribution is 6.12. The molecule has 1 aliphatic carbocycles. The molecule has 2 aromatic rings. The quantitative estimate of drug-likeness (QED) is 0.865. The fourth-order valence-electron chi connectivity index (χ4n) is 2.57. The maximum atomic E-state index is 12.3. The first-order chi connectivity index (χ1) is 11.6. The molecule has 0 saturated heterocycles. The van der Waals surface area contributed by atoms with E-state index in [0.717, 1.165) is 24.2 Å². The van der Waals surface area contributed by atoms with Crippen LogP contribution in [0.3, 0.4) is 0 Å². The number of aromatic hydroxyl groups is 1. The van der Waals surface area contributed by atoms with Crippen molar-refractivity contribution in [3.63, 3.8) is 0 Å². The summed E-state index contributed by atoms with van der Waals surface area (Å²) >= 11 is 0. The van der Waals surface area contributed by atoms with Crippen LogP contribution >= 0.6 is 0 Å². The van der Waals surface area contributed by atoms with Crippen LogP contribution in [0, 0.1) is 0 Å². The molecule has 3 rings (SSSR count). The van der Waals surface area contributed by atoms with Crippen molar-refractivity contribution in [2.75, 3.05) is 7.11 Å². The fraction of sp³-hybridized carbons (Fsp3) is 0.294. The Morgan fingerprint density at radius 3 is 2.67 bits per heavy atom. The van der Waals surface area contributed by atoms with E-state index in [1.165, 1.54) is 11.6 Å². The summed E-state index contributed by atoms with van der Waals surface area (Å²) in [5.41, 5.74) is 2.39. The van der Waals surface area contributed by atoms with Crippen molar-refractivity contribution < 1.29 is 14.6 Å². The van der Waals surface area contributed by atoms with Crippen molar-refractivity contribution in [2.24, 2.45) is 0 Å². The zero-order valence-electron chi connectivity index (χ0n) is 13.8. The molecule has 24 heavy (non-hydrogen) atoms.